The van der Waals surface area contributed by atoms with E-state index in [0.717, 1.165) is 37.9 Å². The van der Waals surface area contributed by atoms with E-state index >= 15 is 0 Å². The number of aromatic nitrogens is 1. The number of nitrogens with zero attached hydrogens (tertiary/aromatic N) is 2. The lowest BCUT2D eigenvalue weighted by molar-refractivity contribution is 0.0724. The Hall–Kier alpha value is -2.76. The second kappa shape index (κ2) is 7.88. The number of hydrogen-bond acceptors (Lipinski definition) is 3. The molecule has 0 aliphatic carbocycles. The molecule has 1 saturated heterocycles. The maximum Gasteiger partial charge on any atom is 0.270 e. The van der Waals surface area contributed by atoms with Gasteiger partial charge in [-0.25, -0.2) is 4.39 Å². The predicted molar refractivity (Wildman–Crippen MR) is 91.6 cm³/mol. The fourth-order valence-electron chi connectivity index (χ4n) is 2.84. The smallest absolute Gasteiger partial charge is 0.270 e. The molecule has 0 spiro atoms. The maximum absolute atomic E-state index is 12.9. The van der Waals surface area contributed by atoms with Crippen LogP contribution in [0.1, 0.15) is 45.7 Å². The molecule has 1 N–H and O–H groups in total. The molecule has 2 amide bonds. The van der Waals surface area contributed by atoms with Crippen LogP contribution in [0, 0.1) is 5.82 Å². The van der Waals surface area contributed by atoms with Crippen LogP contribution in [0.5, 0.6) is 0 Å². The lowest BCUT2D eigenvalue weighted by Gasteiger charge is -2.26. The summed E-state index contributed by atoms with van der Waals surface area (Å²) in [6, 6.07) is 9.07. The van der Waals surface area contributed by atoms with Gasteiger partial charge < -0.3 is 10.2 Å². The second-order valence-corrected chi connectivity index (χ2v) is 6.09. The van der Waals surface area contributed by atoms with Gasteiger partial charge in [-0.1, -0.05) is 12.1 Å². The van der Waals surface area contributed by atoms with E-state index in [-0.39, 0.29) is 29.9 Å². The second-order valence-electron chi connectivity index (χ2n) is 6.09. The molecule has 25 heavy (non-hydrogen) atoms. The Morgan fingerprint density at radius 2 is 1.80 bits per heavy atom. The highest BCUT2D eigenvalue weighted by atomic mass is 19.1. The molecule has 6 heteroatoms. The number of benzene rings is 1. The minimum absolute atomic E-state index is 0.0605. The summed E-state index contributed by atoms with van der Waals surface area (Å²) in [6.45, 7) is 1.78. The van der Waals surface area contributed by atoms with E-state index in [1.54, 1.807) is 18.2 Å². The van der Waals surface area contributed by atoms with Gasteiger partial charge in [-0.15, -0.1) is 0 Å². The Kier molecular flexibility index (Phi) is 5.38. The van der Waals surface area contributed by atoms with E-state index in [4.69, 9.17) is 0 Å². The van der Waals surface area contributed by atoms with Crippen LogP contribution in [-0.2, 0) is 6.54 Å². The summed E-state index contributed by atoms with van der Waals surface area (Å²) in [4.78, 5) is 30.6. The Balaban J connectivity index is 1.64. The minimum atomic E-state index is -0.363. The molecule has 1 fully saturated rings. The number of piperidine rings is 1. The summed E-state index contributed by atoms with van der Waals surface area (Å²) in [6.07, 6.45) is 4.66. The van der Waals surface area contributed by atoms with E-state index in [2.05, 4.69) is 10.3 Å². The van der Waals surface area contributed by atoms with Gasteiger partial charge >= 0.3 is 0 Å². The zero-order chi connectivity index (χ0) is 17.6. The van der Waals surface area contributed by atoms with E-state index in [1.807, 2.05) is 4.90 Å². The largest absolute Gasteiger partial charge is 0.347 e. The SMILES string of the molecule is O=C(NCc1ccc(F)cc1)c1cc(C(=O)N2CCCCC2)ccn1. The number of carbonyl (C=O) groups is 2. The van der Waals surface area contributed by atoms with E-state index in [0.29, 0.717) is 5.56 Å². The summed E-state index contributed by atoms with van der Waals surface area (Å²) in [7, 11) is 0. The summed E-state index contributed by atoms with van der Waals surface area (Å²) in [5.74, 6) is -0.743. The number of amides is 2. The molecule has 2 heterocycles. The molecule has 1 aliphatic heterocycles. The molecule has 0 bridgehead atoms. The van der Waals surface area contributed by atoms with Gasteiger partial charge in [0.25, 0.3) is 11.8 Å². The van der Waals surface area contributed by atoms with Crippen LogP contribution in [0.4, 0.5) is 4.39 Å². The quantitative estimate of drug-likeness (QED) is 0.930. The van der Waals surface area contributed by atoms with Crippen LogP contribution in [0.2, 0.25) is 0 Å². The lowest BCUT2D eigenvalue weighted by atomic mass is 10.1. The van der Waals surface area contributed by atoms with Crippen LogP contribution in [0.3, 0.4) is 0 Å². The molecule has 1 aliphatic rings. The van der Waals surface area contributed by atoms with Crippen molar-refractivity contribution in [2.75, 3.05) is 13.1 Å². The maximum atomic E-state index is 12.9. The monoisotopic (exact) mass is 341 g/mol. The number of hydrogen-bond donors (Lipinski definition) is 1. The van der Waals surface area contributed by atoms with Crippen LogP contribution >= 0.6 is 0 Å². The average Bonchev–Trinajstić information content (AvgIpc) is 2.67. The molecule has 5 nitrogen and oxygen atoms in total. The minimum Gasteiger partial charge on any atom is -0.347 e. The zero-order valence-electron chi connectivity index (χ0n) is 13.9. The molecule has 1 aromatic carbocycles. The Bertz CT molecular complexity index is 756. The van der Waals surface area contributed by atoms with Crippen molar-refractivity contribution in [1.29, 1.82) is 0 Å². The number of pyridine rings is 1. The van der Waals surface area contributed by atoms with Crippen LogP contribution < -0.4 is 5.32 Å². The highest BCUT2D eigenvalue weighted by molar-refractivity contribution is 5.98. The number of carbonyl (C=O) groups excluding carboxylic acids is 2. The van der Waals surface area contributed by atoms with Gasteiger partial charge in [0.15, 0.2) is 0 Å². The molecule has 1 aromatic heterocycles. The average molecular weight is 341 g/mol. The number of rotatable bonds is 4. The predicted octanol–water partition coefficient (Wildman–Crippen LogP) is 2.78. The third-order valence-corrected chi connectivity index (χ3v) is 4.25. The van der Waals surface area contributed by atoms with Gasteiger partial charge in [-0.3, -0.25) is 14.6 Å². The first kappa shape index (κ1) is 17.1. The van der Waals surface area contributed by atoms with Crippen LogP contribution in [0.25, 0.3) is 0 Å². The van der Waals surface area contributed by atoms with Gasteiger partial charge in [-0.2, -0.15) is 0 Å². The van der Waals surface area contributed by atoms with Gasteiger partial charge in [0, 0.05) is 31.4 Å². The Morgan fingerprint density at radius 1 is 1.08 bits per heavy atom. The highest BCUT2D eigenvalue weighted by Crippen LogP contribution is 2.13. The van der Waals surface area contributed by atoms with Crippen molar-refractivity contribution in [3.05, 3.63) is 65.2 Å². The van der Waals surface area contributed by atoms with Crippen LogP contribution in [-0.4, -0.2) is 34.8 Å². The molecule has 0 atom stereocenters. The molecular weight excluding hydrogens is 321 g/mol. The van der Waals surface area contributed by atoms with Gasteiger partial charge in [-0.05, 0) is 49.1 Å². The Labute approximate surface area is 145 Å². The number of nitrogens with one attached hydrogen (secondary N) is 1. The first-order valence-corrected chi connectivity index (χ1v) is 8.41. The lowest BCUT2D eigenvalue weighted by Crippen LogP contribution is -2.35. The normalized spacial score (nSPS) is 14.2. The van der Waals surface area contributed by atoms with E-state index < -0.39 is 0 Å². The third-order valence-electron chi connectivity index (χ3n) is 4.25. The summed E-state index contributed by atoms with van der Waals surface area (Å²) in [5.41, 5.74) is 1.46. The number of halogens is 1. The van der Waals surface area contributed by atoms with Crippen molar-refractivity contribution in [1.82, 2.24) is 15.2 Å². The third kappa shape index (κ3) is 4.41. The van der Waals surface area contributed by atoms with Crippen molar-refractivity contribution in [3.8, 4) is 0 Å². The summed E-state index contributed by atoms with van der Waals surface area (Å²) in [5, 5.41) is 2.73. The van der Waals surface area contributed by atoms with Crippen molar-refractivity contribution >= 4 is 11.8 Å². The molecule has 0 radical (unpaired) electrons. The van der Waals surface area contributed by atoms with E-state index in [1.165, 1.54) is 24.4 Å². The van der Waals surface area contributed by atoms with E-state index in [9.17, 15) is 14.0 Å². The fraction of sp³-hybridized carbons (Fsp3) is 0.316. The van der Waals surface area contributed by atoms with Crippen molar-refractivity contribution in [2.45, 2.75) is 25.8 Å². The molecular formula is C19H20FN3O2. The summed E-state index contributed by atoms with van der Waals surface area (Å²) < 4.78 is 12.9. The van der Waals surface area contributed by atoms with Gasteiger partial charge in [0.1, 0.15) is 11.5 Å². The molecule has 0 saturated carbocycles. The molecule has 2 aromatic rings. The van der Waals surface area contributed by atoms with Gasteiger partial charge in [0.05, 0.1) is 0 Å². The van der Waals surface area contributed by atoms with Crippen molar-refractivity contribution in [3.63, 3.8) is 0 Å². The zero-order valence-corrected chi connectivity index (χ0v) is 13.9. The topological polar surface area (TPSA) is 62.3 Å². The molecule has 0 unspecified atom stereocenters. The van der Waals surface area contributed by atoms with Crippen LogP contribution in [0.15, 0.2) is 42.6 Å². The molecule has 3 rings (SSSR count). The van der Waals surface area contributed by atoms with Crippen molar-refractivity contribution < 1.29 is 14.0 Å². The first-order chi connectivity index (χ1) is 12.1. The highest BCUT2D eigenvalue weighted by Gasteiger charge is 2.19. The number of likely N-dealkylation sites (tertiary alicyclic amines) is 1. The first-order valence-electron chi connectivity index (χ1n) is 8.41. The summed E-state index contributed by atoms with van der Waals surface area (Å²) >= 11 is 0. The van der Waals surface area contributed by atoms with Crippen molar-refractivity contribution in [2.24, 2.45) is 0 Å². The fourth-order valence-corrected chi connectivity index (χ4v) is 2.84. The molecule has 130 valence electrons. The Morgan fingerprint density at radius 3 is 2.52 bits per heavy atom. The standard InChI is InChI=1S/C19H20FN3O2/c20-16-6-4-14(5-7-16)13-22-18(24)17-12-15(8-9-21-17)19(25)23-10-2-1-3-11-23/h4-9,12H,1-3,10-11,13H2,(H,22,24). The van der Waals surface area contributed by atoms with Gasteiger partial charge in [0.2, 0.25) is 0 Å².